The SMILES string of the molecule is Cc1cc(S(=O)(=O)Nc2ccc(Cl)cc2)ccc1OCC(=O)Nc1ccc(Cl)c(C(F)(F)F)c1. The van der Waals surface area contributed by atoms with Crippen molar-refractivity contribution < 1.29 is 31.1 Å². The number of alkyl halides is 3. The molecule has 0 aliphatic heterocycles. The summed E-state index contributed by atoms with van der Waals surface area (Å²) in [5.74, 6) is -0.483. The Kier molecular flexibility index (Phi) is 7.64. The van der Waals surface area contributed by atoms with Crippen molar-refractivity contribution in [2.75, 3.05) is 16.6 Å². The molecule has 0 fully saturated rings. The van der Waals surface area contributed by atoms with E-state index in [4.69, 9.17) is 27.9 Å². The Hall–Kier alpha value is -2.95. The van der Waals surface area contributed by atoms with Crippen LogP contribution >= 0.6 is 23.2 Å². The number of rotatable bonds is 7. The van der Waals surface area contributed by atoms with E-state index < -0.39 is 39.3 Å². The van der Waals surface area contributed by atoms with Gasteiger partial charge < -0.3 is 10.1 Å². The minimum Gasteiger partial charge on any atom is -0.483 e. The highest BCUT2D eigenvalue weighted by molar-refractivity contribution is 7.92. The summed E-state index contributed by atoms with van der Waals surface area (Å²) in [6.07, 6.45) is -4.67. The summed E-state index contributed by atoms with van der Waals surface area (Å²) in [5.41, 5.74) is -0.419. The van der Waals surface area contributed by atoms with Crippen LogP contribution < -0.4 is 14.8 Å². The van der Waals surface area contributed by atoms with E-state index in [2.05, 4.69) is 10.0 Å². The minimum absolute atomic E-state index is 0.0300. The zero-order valence-corrected chi connectivity index (χ0v) is 19.7. The lowest BCUT2D eigenvalue weighted by molar-refractivity contribution is -0.137. The molecule has 0 spiro atoms. The number of hydrogen-bond donors (Lipinski definition) is 2. The Morgan fingerprint density at radius 3 is 2.24 bits per heavy atom. The lowest BCUT2D eigenvalue weighted by atomic mass is 10.2. The fraction of sp³-hybridized carbons (Fsp3) is 0.136. The zero-order chi connectivity index (χ0) is 25.1. The highest BCUT2D eigenvalue weighted by Gasteiger charge is 2.33. The number of aryl methyl sites for hydroxylation is 1. The average Bonchev–Trinajstić information content (AvgIpc) is 2.75. The van der Waals surface area contributed by atoms with Gasteiger partial charge in [-0.05, 0) is 73.2 Å². The second-order valence-corrected chi connectivity index (χ2v) is 9.59. The maximum atomic E-state index is 13.0. The van der Waals surface area contributed by atoms with Crippen molar-refractivity contribution in [3.8, 4) is 5.75 Å². The number of amides is 1. The van der Waals surface area contributed by atoms with Gasteiger partial charge >= 0.3 is 6.18 Å². The average molecular weight is 533 g/mol. The number of sulfonamides is 1. The molecule has 0 saturated heterocycles. The number of anilines is 2. The molecule has 0 radical (unpaired) electrons. The van der Waals surface area contributed by atoms with Gasteiger partial charge in [0, 0.05) is 16.4 Å². The van der Waals surface area contributed by atoms with Crippen molar-refractivity contribution in [2.24, 2.45) is 0 Å². The predicted molar refractivity (Wildman–Crippen MR) is 124 cm³/mol. The Bertz CT molecular complexity index is 1310. The molecule has 0 aliphatic rings. The van der Waals surface area contributed by atoms with Gasteiger partial charge in [-0.2, -0.15) is 13.2 Å². The molecule has 0 aliphatic carbocycles. The predicted octanol–water partition coefficient (Wildman–Crippen LogP) is 6.14. The van der Waals surface area contributed by atoms with Crippen LogP contribution in [-0.2, 0) is 21.0 Å². The molecular weight excluding hydrogens is 516 g/mol. The van der Waals surface area contributed by atoms with Crippen LogP contribution in [0.2, 0.25) is 10.0 Å². The molecule has 1 amide bonds. The second kappa shape index (κ2) is 10.1. The maximum absolute atomic E-state index is 13.0. The number of carbonyl (C=O) groups excluding carboxylic acids is 1. The summed E-state index contributed by atoms with van der Waals surface area (Å²) < 4.78 is 71.9. The Balaban J connectivity index is 1.65. The zero-order valence-electron chi connectivity index (χ0n) is 17.4. The van der Waals surface area contributed by atoms with Gasteiger partial charge in [0.2, 0.25) is 0 Å². The van der Waals surface area contributed by atoms with Gasteiger partial charge in [-0.25, -0.2) is 8.42 Å². The molecule has 0 bridgehead atoms. The van der Waals surface area contributed by atoms with Crippen LogP contribution in [0.5, 0.6) is 5.75 Å². The van der Waals surface area contributed by atoms with Crippen molar-refractivity contribution in [3.63, 3.8) is 0 Å². The van der Waals surface area contributed by atoms with E-state index in [0.29, 0.717) is 16.3 Å². The molecule has 6 nitrogen and oxygen atoms in total. The summed E-state index contributed by atoms with van der Waals surface area (Å²) in [7, 11) is -3.89. The van der Waals surface area contributed by atoms with Gasteiger partial charge in [-0.15, -0.1) is 0 Å². The lowest BCUT2D eigenvalue weighted by Crippen LogP contribution is -2.21. The normalized spacial score (nSPS) is 11.7. The number of nitrogens with one attached hydrogen (secondary N) is 2. The van der Waals surface area contributed by atoms with Crippen LogP contribution in [0.25, 0.3) is 0 Å². The first-order valence-electron chi connectivity index (χ1n) is 9.53. The molecule has 3 aromatic rings. The van der Waals surface area contributed by atoms with Gasteiger partial charge in [0.15, 0.2) is 6.61 Å². The molecule has 3 rings (SSSR count). The topological polar surface area (TPSA) is 84.5 Å². The van der Waals surface area contributed by atoms with Crippen LogP contribution in [0.4, 0.5) is 24.5 Å². The molecule has 12 heteroatoms. The second-order valence-electron chi connectivity index (χ2n) is 7.07. The monoisotopic (exact) mass is 532 g/mol. The minimum atomic E-state index is -4.67. The molecule has 3 aromatic carbocycles. The molecule has 0 aromatic heterocycles. The summed E-state index contributed by atoms with van der Waals surface area (Å²) in [5, 5.41) is 2.27. The van der Waals surface area contributed by atoms with E-state index in [1.54, 1.807) is 19.1 Å². The van der Waals surface area contributed by atoms with E-state index in [1.807, 2.05) is 0 Å². The van der Waals surface area contributed by atoms with Crippen LogP contribution in [0.15, 0.2) is 65.6 Å². The van der Waals surface area contributed by atoms with E-state index >= 15 is 0 Å². The first-order chi connectivity index (χ1) is 15.8. The van der Waals surface area contributed by atoms with Crippen molar-refractivity contribution in [3.05, 3.63) is 81.8 Å². The summed E-state index contributed by atoms with van der Waals surface area (Å²) in [4.78, 5) is 12.1. The summed E-state index contributed by atoms with van der Waals surface area (Å²) in [6, 6.07) is 13.1. The Labute approximate surface area is 203 Å². The molecule has 2 N–H and O–H groups in total. The van der Waals surface area contributed by atoms with Crippen LogP contribution in [-0.4, -0.2) is 20.9 Å². The molecule has 0 atom stereocenters. The van der Waals surface area contributed by atoms with Crippen molar-refractivity contribution in [2.45, 2.75) is 18.0 Å². The van der Waals surface area contributed by atoms with Gasteiger partial charge in [0.1, 0.15) is 5.75 Å². The standard InChI is InChI=1S/C22H17Cl2F3N2O4S/c1-13-10-17(34(31,32)29-15-4-2-14(23)3-5-15)7-9-20(13)33-12-21(30)28-16-6-8-19(24)18(11-16)22(25,26)27/h2-11,29H,12H2,1H3,(H,28,30). The maximum Gasteiger partial charge on any atom is 0.417 e. The highest BCUT2D eigenvalue weighted by Crippen LogP contribution is 2.36. The van der Waals surface area contributed by atoms with E-state index in [-0.39, 0.29) is 16.3 Å². The number of hydrogen-bond acceptors (Lipinski definition) is 4. The number of carbonyl (C=O) groups is 1. The third kappa shape index (κ3) is 6.55. The fourth-order valence-electron chi connectivity index (χ4n) is 2.84. The molecule has 0 unspecified atom stereocenters. The highest BCUT2D eigenvalue weighted by atomic mass is 35.5. The van der Waals surface area contributed by atoms with Gasteiger partial charge in [0.25, 0.3) is 15.9 Å². The molecular formula is C22H17Cl2F3N2O4S. The third-order valence-electron chi connectivity index (χ3n) is 4.47. The number of benzene rings is 3. The van der Waals surface area contributed by atoms with Crippen LogP contribution in [0.1, 0.15) is 11.1 Å². The number of ether oxygens (including phenoxy) is 1. The van der Waals surface area contributed by atoms with E-state index in [0.717, 1.165) is 12.1 Å². The first-order valence-corrected chi connectivity index (χ1v) is 11.8. The van der Waals surface area contributed by atoms with Crippen molar-refractivity contribution >= 4 is 50.5 Å². The van der Waals surface area contributed by atoms with E-state index in [1.165, 1.54) is 36.4 Å². The van der Waals surface area contributed by atoms with Gasteiger partial charge in [0.05, 0.1) is 15.5 Å². The quantitative estimate of drug-likeness (QED) is 0.382. The van der Waals surface area contributed by atoms with Gasteiger partial charge in [-0.3, -0.25) is 9.52 Å². The van der Waals surface area contributed by atoms with Crippen LogP contribution in [0, 0.1) is 6.92 Å². The Morgan fingerprint density at radius 2 is 1.62 bits per heavy atom. The largest absolute Gasteiger partial charge is 0.483 e. The third-order valence-corrected chi connectivity index (χ3v) is 6.43. The smallest absolute Gasteiger partial charge is 0.417 e. The van der Waals surface area contributed by atoms with E-state index in [9.17, 15) is 26.4 Å². The van der Waals surface area contributed by atoms with Crippen molar-refractivity contribution in [1.29, 1.82) is 0 Å². The van der Waals surface area contributed by atoms with Crippen molar-refractivity contribution in [1.82, 2.24) is 0 Å². The Morgan fingerprint density at radius 1 is 0.971 bits per heavy atom. The lowest BCUT2D eigenvalue weighted by Gasteiger charge is -2.13. The first kappa shape index (κ1) is 25.7. The molecule has 180 valence electrons. The molecule has 34 heavy (non-hydrogen) atoms. The van der Waals surface area contributed by atoms with Gasteiger partial charge in [-0.1, -0.05) is 23.2 Å². The molecule has 0 heterocycles. The van der Waals surface area contributed by atoms with Crippen LogP contribution in [0.3, 0.4) is 0 Å². The molecule has 0 saturated carbocycles. The fourth-order valence-corrected chi connectivity index (χ4v) is 4.34. The number of halogens is 5. The summed E-state index contributed by atoms with van der Waals surface area (Å²) >= 11 is 11.4. The summed E-state index contributed by atoms with van der Waals surface area (Å²) in [6.45, 7) is 1.07.